The van der Waals surface area contributed by atoms with Gasteiger partial charge in [0.15, 0.2) is 0 Å². The van der Waals surface area contributed by atoms with Gasteiger partial charge in [-0.3, -0.25) is 14.8 Å². The second-order valence-electron chi connectivity index (χ2n) is 7.33. The zero-order chi connectivity index (χ0) is 19.0. The SMILES string of the molecule is C[C@@H]1CCC[C@H](C)N1NC(=O)c1c(Cl)n(-c2ccccc2)c2ccccc12. The van der Waals surface area contributed by atoms with Crippen molar-refractivity contribution in [2.75, 3.05) is 0 Å². The zero-order valence-electron chi connectivity index (χ0n) is 15.7. The van der Waals surface area contributed by atoms with Crippen LogP contribution in [0, 0.1) is 0 Å². The van der Waals surface area contributed by atoms with E-state index < -0.39 is 0 Å². The van der Waals surface area contributed by atoms with E-state index in [4.69, 9.17) is 11.6 Å². The number of hydrogen-bond donors (Lipinski definition) is 1. The summed E-state index contributed by atoms with van der Waals surface area (Å²) in [6, 6.07) is 18.4. The molecule has 2 aromatic carbocycles. The summed E-state index contributed by atoms with van der Waals surface area (Å²) in [5.74, 6) is -0.147. The van der Waals surface area contributed by atoms with Gasteiger partial charge in [-0.25, -0.2) is 5.01 Å². The molecule has 27 heavy (non-hydrogen) atoms. The van der Waals surface area contributed by atoms with Crippen molar-refractivity contribution in [1.82, 2.24) is 15.0 Å². The molecule has 0 bridgehead atoms. The van der Waals surface area contributed by atoms with Crippen LogP contribution in [0.4, 0.5) is 0 Å². The van der Waals surface area contributed by atoms with Crippen molar-refractivity contribution in [3.05, 3.63) is 65.3 Å². The molecule has 1 aromatic heterocycles. The van der Waals surface area contributed by atoms with Crippen molar-refractivity contribution in [3.63, 3.8) is 0 Å². The number of nitrogens with one attached hydrogen (secondary N) is 1. The van der Waals surface area contributed by atoms with Crippen LogP contribution in [-0.4, -0.2) is 27.6 Å². The Bertz CT molecular complexity index is 956. The summed E-state index contributed by atoms with van der Waals surface area (Å²) in [6.45, 7) is 4.32. The van der Waals surface area contributed by atoms with E-state index in [9.17, 15) is 4.79 Å². The highest BCUT2D eigenvalue weighted by Crippen LogP contribution is 2.33. The lowest BCUT2D eigenvalue weighted by Gasteiger charge is -2.38. The molecule has 0 unspecified atom stereocenters. The first kappa shape index (κ1) is 18.1. The molecule has 1 aliphatic heterocycles. The van der Waals surface area contributed by atoms with Crippen molar-refractivity contribution in [3.8, 4) is 5.69 Å². The summed E-state index contributed by atoms with van der Waals surface area (Å²) in [6.07, 6.45) is 3.37. The predicted molar refractivity (Wildman–Crippen MR) is 110 cm³/mol. The molecule has 4 rings (SSSR count). The number of fused-ring (bicyclic) bond motifs is 1. The molecule has 0 aliphatic carbocycles. The molecule has 2 heterocycles. The van der Waals surface area contributed by atoms with Crippen LogP contribution in [0.5, 0.6) is 0 Å². The van der Waals surface area contributed by atoms with Crippen molar-refractivity contribution in [2.24, 2.45) is 0 Å². The summed E-state index contributed by atoms with van der Waals surface area (Å²) in [5, 5.41) is 3.38. The van der Waals surface area contributed by atoms with Crippen molar-refractivity contribution < 1.29 is 4.79 Å². The summed E-state index contributed by atoms with van der Waals surface area (Å²) >= 11 is 6.76. The third-order valence-electron chi connectivity index (χ3n) is 5.48. The topological polar surface area (TPSA) is 37.3 Å². The van der Waals surface area contributed by atoms with E-state index in [1.165, 1.54) is 6.42 Å². The minimum Gasteiger partial charge on any atom is -0.299 e. The summed E-state index contributed by atoms with van der Waals surface area (Å²) < 4.78 is 1.94. The van der Waals surface area contributed by atoms with E-state index in [1.807, 2.05) is 59.2 Å². The molecule has 5 heteroatoms. The van der Waals surface area contributed by atoms with Crippen LogP contribution in [0.3, 0.4) is 0 Å². The van der Waals surface area contributed by atoms with E-state index in [1.54, 1.807) is 0 Å². The minimum absolute atomic E-state index is 0.147. The highest BCUT2D eigenvalue weighted by atomic mass is 35.5. The first-order chi connectivity index (χ1) is 13.1. The van der Waals surface area contributed by atoms with Gasteiger partial charge in [0.25, 0.3) is 5.91 Å². The summed E-state index contributed by atoms with van der Waals surface area (Å²) in [4.78, 5) is 13.2. The van der Waals surface area contributed by atoms with Crippen LogP contribution in [-0.2, 0) is 0 Å². The highest BCUT2D eigenvalue weighted by Gasteiger charge is 2.29. The first-order valence-corrected chi connectivity index (χ1v) is 9.89. The summed E-state index contributed by atoms with van der Waals surface area (Å²) in [5.41, 5.74) is 5.53. The fourth-order valence-corrected chi connectivity index (χ4v) is 4.45. The van der Waals surface area contributed by atoms with Gasteiger partial charge in [-0.05, 0) is 44.9 Å². The lowest BCUT2D eigenvalue weighted by atomic mass is 10.00. The van der Waals surface area contributed by atoms with E-state index >= 15 is 0 Å². The Kier molecular flexibility index (Phi) is 4.94. The number of rotatable bonds is 3. The molecule has 1 aliphatic rings. The highest BCUT2D eigenvalue weighted by molar-refractivity contribution is 6.36. The maximum Gasteiger partial charge on any atom is 0.269 e. The second kappa shape index (κ2) is 7.37. The van der Waals surface area contributed by atoms with Gasteiger partial charge in [0.05, 0.1) is 11.1 Å². The zero-order valence-corrected chi connectivity index (χ0v) is 16.4. The number of piperidine rings is 1. The molecule has 1 saturated heterocycles. The van der Waals surface area contributed by atoms with E-state index in [-0.39, 0.29) is 5.91 Å². The number of hydrazine groups is 1. The predicted octanol–water partition coefficient (Wildman–Crippen LogP) is 5.19. The number of hydrogen-bond acceptors (Lipinski definition) is 2. The Morgan fingerprint density at radius 2 is 1.63 bits per heavy atom. The Morgan fingerprint density at radius 3 is 2.33 bits per heavy atom. The Balaban J connectivity index is 1.78. The van der Waals surface area contributed by atoms with Gasteiger partial charge in [0.1, 0.15) is 5.15 Å². The van der Waals surface area contributed by atoms with Crippen LogP contribution in [0.1, 0.15) is 43.5 Å². The van der Waals surface area contributed by atoms with Gasteiger partial charge in [0, 0.05) is 23.2 Å². The van der Waals surface area contributed by atoms with Gasteiger partial charge >= 0.3 is 0 Å². The molecule has 1 N–H and O–H groups in total. The van der Waals surface area contributed by atoms with Crippen LogP contribution in [0.15, 0.2) is 54.6 Å². The smallest absolute Gasteiger partial charge is 0.269 e. The third-order valence-corrected chi connectivity index (χ3v) is 5.84. The van der Waals surface area contributed by atoms with E-state index in [0.717, 1.165) is 29.4 Å². The van der Waals surface area contributed by atoms with Gasteiger partial charge in [-0.2, -0.15) is 0 Å². The molecule has 140 valence electrons. The molecule has 4 nitrogen and oxygen atoms in total. The van der Waals surface area contributed by atoms with E-state index in [2.05, 4.69) is 24.3 Å². The molecular weight excluding hydrogens is 358 g/mol. The standard InChI is InChI=1S/C22H24ClN3O/c1-15-9-8-10-16(2)26(15)24-22(27)20-18-13-6-7-14-19(18)25(21(20)23)17-11-4-3-5-12-17/h3-7,11-16H,8-10H2,1-2H3,(H,24,27)/t15-,16+. The average molecular weight is 382 g/mol. The van der Waals surface area contributed by atoms with Crippen molar-refractivity contribution in [1.29, 1.82) is 0 Å². The van der Waals surface area contributed by atoms with Crippen LogP contribution >= 0.6 is 11.6 Å². The third kappa shape index (κ3) is 3.24. The molecule has 1 fully saturated rings. The number of benzene rings is 2. The Morgan fingerprint density at radius 1 is 1.00 bits per heavy atom. The molecule has 2 atom stereocenters. The number of halogens is 1. The number of para-hydroxylation sites is 2. The van der Waals surface area contributed by atoms with Crippen LogP contribution in [0.25, 0.3) is 16.6 Å². The summed E-state index contributed by atoms with van der Waals surface area (Å²) in [7, 11) is 0. The van der Waals surface area contributed by atoms with E-state index in [0.29, 0.717) is 22.8 Å². The lowest BCUT2D eigenvalue weighted by molar-refractivity contribution is 0.0371. The number of carbonyl (C=O) groups is 1. The van der Waals surface area contributed by atoms with Gasteiger partial charge in [0.2, 0.25) is 0 Å². The van der Waals surface area contributed by atoms with Gasteiger partial charge in [-0.1, -0.05) is 54.4 Å². The van der Waals surface area contributed by atoms with Crippen molar-refractivity contribution >= 4 is 28.4 Å². The molecule has 1 amide bonds. The van der Waals surface area contributed by atoms with Gasteiger partial charge in [-0.15, -0.1) is 0 Å². The monoisotopic (exact) mass is 381 g/mol. The lowest BCUT2D eigenvalue weighted by Crippen LogP contribution is -2.54. The first-order valence-electron chi connectivity index (χ1n) is 9.51. The normalized spacial score (nSPS) is 20.7. The maximum absolute atomic E-state index is 13.2. The maximum atomic E-state index is 13.2. The molecule has 0 radical (unpaired) electrons. The fraction of sp³-hybridized carbons (Fsp3) is 0.318. The fourth-order valence-electron chi connectivity index (χ4n) is 4.07. The number of nitrogens with zero attached hydrogens (tertiary/aromatic N) is 2. The largest absolute Gasteiger partial charge is 0.299 e. The van der Waals surface area contributed by atoms with Crippen LogP contribution < -0.4 is 5.43 Å². The average Bonchev–Trinajstić information content (AvgIpc) is 2.97. The molecule has 0 spiro atoms. The van der Waals surface area contributed by atoms with Gasteiger partial charge < -0.3 is 0 Å². The molecule has 3 aromatic rings. The Labute approximate surface area is 164 Å². The number of amides is 1. The second-order valence-corrected chi connectivity index (χ2v) is 7.69. The Hall–Kier alpha value is -2.30. The minimum atomic E-state index is -0.147. The van der Waals surface area contributed by atoms with Crippen LogP contribution in [0.2, 0.25) is 5.15 Å². The van der Waals surface area contributed by atoms with Crippen molar-refractivity contribution in [2.45, 2.75) is 45.2 Å². The molecule has 0 saturated carbocycles. The quantitative estimate of drug-likeness (QED) is 0.677. The number of carbonyl (C=O) groups excluding carboxylic acids is 1. The molecular formula is C22H24ClN3O. The number of aromatic nitrogens is 1.